The molecule has 0 radical (unpaired) electrons. The number of carbonyl (C=O) groups is 2. The summed E-state index contributed by atoms with van der Waals surface area (Å²) in [7, 11) is 0. The van der Waals surface area contributed by atoms with Gasteiger partial charge in [-0.05, 0) is 41.5 Å². The molecule has 0 aromatic heterocycles. The Hall–Kier alpha value is -1.78. The van der Waals surface area contributed by atoms with E-state index in [9.17, 15) is 9.59 Å². The Morgan fingerprint density at radius 3 is 2.05 bits per heavy atom. The zero-order valence-electron chi connectivity index (χ0n) is 13.0. The summed E-state index contributed by atoms with van der Waals surface area (Å²) in [5, 5.41) is 3.04. The van der Waals surface area contributed by atoms with Crippen molar-refractivity contribution in [2.75, 3.05) is 6.61 Å². The first-order valence-electron chi connectivity index (χ1n) is 6.72. The van der Waals surface area contributed by atoms with Crippen LogP contribution >= 0.6 is 0 Å². The van der Waals surface area contributed by atoms with Gasteiger partial charge in [0.05, 0.1) is 17.8 Å². The maximum Gasteiger partial charge on any atom is 0.336 e. The van der Waals surface area contributed by atoms with Crippen LogP contribution in [0.5, 0.6) is 0 Å². The van der Waals surface area contributed by atoms with E-state index < -0.39 is 17.5 Å². The van der Waals surface area contributed by atoms with Crippen LogP contribution in [0.25, 0.3) is 0 Å². The highest BCUT2D eigenvalue weighted by atomic mass is 16.6. The van der Waals surface area contributed by atoms with Crippen LogP contribution in [0.15, 0.2) is 22.5 Å². The number of allylic oxidation sites excluding steroid dienone is 2. The quantitative estimate of drug-likeness (QED) is 0.805. The third kappa shape index (κ3) is 4.11. The third-order valence-electron chi connectivity index (χ3n) is 2.80. The standard InChI is InChI=1S/C15H23NO4/c1-7-19-13(17)11-8-12(10(3)16-9(11)2)14(18)20-15(4,5)6/h16H,7-8H2,1-6H3. The predicted octanol–water partition coefficient (Wildman–Crippen LogP) is 2.43. The van der Waals surface area contributed by atoms with Crippen LogP contribution in [0, 0.1) is 0 Å². The molecule has 0 amide bonds. The average molecular weight is 281 g/mol. The summed E-state index contributed by atoms with van der Waals surface area (Å²) >= 11 is 0. The number of nitrogens with one attached hydrogen (secondary N) is 1. The van der Waals surface area contributed by atoms with Crippen molar-refractivity contribution in [1.29, 1.82) is 0 Å². The first-order chi connectivity index (χ1) is 9.15. The van der Waals surface area contributed by atoms with Crippen molar-refractivity contribution < 1.29 is 19.1 Å². The Balaban J connectivity index is 2.92. The first-order valence-corrected chi connectivity index (χ1v) is 6.72. The summed E-state index contributed by atoms with van der Waals surface area (Å²) in [6.45, 7) is 11.1. The van der Waals surface area contributed by atoms with E-state index in [0.717, 1.165) is 0 Å². The summed E-state index contributed by atoms with van der Waals surface area (Å²) in [5.74, 6) is -0.803. The van der Waals surface area contributed by atoms with Gasteiger partial charge in [0.2, 0.25) is 0 Å². The molecule has 0 bridgehead atoms. The van der Waals surface area contributed by atoms with Gasteiger partial charge in [0.15, 0.2) is 0 Å². The van der Waals surface area contributed by atoms with Gasteiger partial charge in [-0.3, -0.25) is 0 Å². The van der Waals surface area contributed by atoms with Gasteiger partial charge in [-0.1, -0.05) is 0 Å². The first kappa shape index (κ1) is 16.3. The van der Waals surface area contributed by atoms with Gasteiger partial charge in [-0.25, -0.2) is 9.59 Å². The summed E-state index contributed by atoms with van der Waals surface area (Å²) in [5.41, 5.74) is 1.80. The molecule has 0 unspecified atom stereocenters. The lowest BCUT2D eigenvalue weighted by molar-refractivity contribution is -0.150. The predicted molar refractivity (Wildman–Crippen MR) is 75.6 cm³/mol. The molecule has 0 saturated carbocycles. The van der Waals surface area contributed by atoms with Crippen molar-refractivity contribution in [3.05, 3.63) is 22.5 Å². The van der Waals surface area contributed by atoms with Gasteiger partial charge < -0.3 is 14.8 Å². The zero-order chi connectivity index (χ0) is 15.5. The van der Waals surface area contributed by atoms with Crippen molar-refractivity contribution >= 4 is 11.9 Å². The molecule has 0 atom stereocenters. The lowest BCUT2D eigenvalue weighted by Gasteiger charge is -2.25. The van der Waals surface area contributed by atoms with E-state index in [0.29, 0.717) is 29.1 Å². The number of dihydropyridines is 1. The summed E-state index contributed by atoms with van der Waals surface area (Å²) in [6.07, 6.45) is 0.235. The monoisotopic (exact) mass is 281 g/mol. The largest absolute Gasteiger partial charge is 0.463 e. The fraction of sp³-hybridized carbons (Fsp3) is 0.600. The molecule has 0 aromatic rings. The van der Waals surface area contributed by atoms with E-state index >= 15 is 0 Å². The minimum Gasteiger partial charge on any atom is -0.463 e. The molecule has 0 aromatic carbocycles. The van der Waals surface area contributed by atoms with Crippen LogP contribution < -0.4 is 5.32 Å². The summed E-state index contributed by atoms with van der Waals surface area (Å²) < 4.78 is 10.4. The fourth-order valence-corrected chi connectivity index (χ4v) is 1.88. The lowest BCUT2D eigenvalue weighted by Crippen LogP contribution is -2.30. The second-order valence-electron chi connectivity index (χ2n) is 5.73. The van der Waals surface area contributed by atoms with Gasteiger partial charge >= 0.3 is 11.9 Å². The van der Waals surface area contributed by atoms with Crippen LogP contribution in [-0.4, -0.2) is 24.1 Å². The number of carbonyl (C=O) groups excluding carboxylic acids is 2. The smallest absolute Gasteiger partial charge is 0.336 e. The van der Waals surface area contributed by atoms with E-state index in [2.05, 4.69) is 5.32 Å². The van der Waals surface area contributed by atoms with E-state index in [1.807, 2.05) is 20.8 Å². The van der Waals surface area contributed by atoms with Gasteiger partial charge in [-0.15, -0.1) is 0 Å². The van der Waals surface area contributed by atoms with Gasteiger partial charge in [-0.2, -0.15) is 0 Å². The molecule has 0 fully saturated rings. The minimum absolute atomic E-state index is 0.235. The van der Waals surface area contributed by atoms with Gasteiger partial charge in [0.1, 0.15) is 5.60 Å². The maximum atomic E-state index is 12.2. The molecule has 1 rings (SSSR count). The SMILES string of the molecule is CCOC(=O)C1=C(C)NC(C)=C(C(=O)OC(C)(C)C)C1. The Morgan fingerprint density at radius 1 is 1.10 bits per heavy atom. The van der Waals surface area contributed by atoms with Crippen molar-refractivity contribution in [1.82, 2.24) is 5.32 Å². The Morgan fingerprint density at radius 2 is 1.60 bits per heavy atom. The topological polar surface area (TPSA) is 64.6 Å². The van der Waals surface area contributed by atoms with Crippen molar-refractivity contribution in [3.8, 4) is 0 Å². The average Bonchev–Trinajstić information content (AvgIpc) is 2.26. The molecule has 112 valence electrons. The number of esters is 2. The third-order valence-corrected chi connectivity index (χ3v) is 2.80. The highest BCUT2D eigenvalue weighted by molar-refractivity contribution is 5.96. The molecule has 0 saturated heterocycles. The second-order valence-corrected chi connectivity index (χ2v) is 5.73. The molecule has 5 heteroatoms. The van der Waals surface area contributed by atoms with Crippen molar-refractivity contribution in [2.24, 2.45) is 0 Å². The molecule has 1 N–H and O–H groups in total. The van der Waals surface area contributed by atoms with E-state index in [-0.39, 0.29) is 6.42 Å². The molecule has 0 aliphatic carbocycles. The molecule has 20 heavy (non-hydrogen) atoms. The summed E-state index contributed by atoms with van der Waals surface area (Å²) in [6, 6.07) is 0. The molecule has 1 aliphatic heterocycles. The van der Waals surface area contributed by atoms with Crippen molar-refractivity contribution in [3.63, 3.8) is 0 Å². The number of rotatable bonds is 3. The number of hydrogen-bond acceptors (Lipinski definition) is 5. The number of ether oxygens (including phenoxy) is 2. The normalized spacial score (nSPS) is 15.9. The molecule has 1 heterocycles. The van der Waals surface area contributed by atoms with Crippen LogP contribution in [0.3, 0.4) is 0 Å². The summed E-state index contributed by atoms with van der Waals surface area (Å²) in [4.78, 5) is 24.0. The lowest BCUT2D eigenvalue weighted by atomic mass is 9.98. The molecule has 0 spiro atoms. The molecule has 1 aliphatic rings. The maximum absolute atomic E-state index is 12.2. The van der Waals surface area contributed by atoms with Gasteiger partial charge in [0, 0.05) is 17.8 Å². The van der Waals surface area contributed by atoms with Crippen molar-refractivity contribution in [2.45, 2.75) is 53.6 Å². The zero-order valence-corrected chi connectivity index (χ0v) is 13.0. The van der Waals surface area contributed by atoms with Gasteiger partial charge in [0.25, 0.3) is 0 Å². The minimum atomic E-state index is -0.565. The van der Waals surface area contributed by atoms with E-state index in [1.165, 1.54) is 0 Å². The Bertz CT molecular complexity index is 481. The van der Waals surface area contributed by atoms with Crippen LogP contribution in [0.4, 0.5) is 0 Å². The fourth-order valence-electron chi connectivity index (χ4n) is 1.88. The van der Waals surface area contributed by atoms with Crippen LogP contribution in [0.2, 0.25) is 0 Å². The van der Waals surface area contributed by atoms with Crippen LogP contribution in [0.1, 0.15) is 48.0 Å². The Kier molecular flexibility index (Phi) is 4.98. The van der Waals surface area contributed by atoms with E-state index in [1.54, 1.807) is 20.8 Å². The second kappa shape index (κ2) is 6.11. The highest BCUT2D eigenvalue weighted by Gasteiger charge is 2.28. The molecule has 5 nitrogen and oxygen atoms in total. The number of hydrogen-bond donors (Lipinski definition) is 1. The molecular formula is C15H23NO4. The highest BCUT2D eigenvalue weighted by Crippen LogP contribution is 2.26. The molecular weight excluding hydrogens is 258 g/mol. The van der Waals surface area contributed by atoms with E-state index in [4.69, 9.17) is 9.47 Å². The van der Waals surface area contributed by atoms with Crippen LogP contribution in [-0.2, 0) is 19.1 Å². The Labute approximate surface area is 120 Å².